The molecule has 0 amide bonds. The lowest BCUT2D eigenvalue weighted by atomic mass is 9.84. The Hall–Kier alpha value is -1.46. The first-order valence-electron chi connectivity index (χ1n) is 7.38. The van der Waals surface area contributed by atoms with Crippen molar-refractivity contribution in [1.82, 2.24) is 4.98 Å². The van der Waals surface area contributed by atoms with Gasteiger partial charge in [-0.15, -0.1) is 0 Å². The van der Waals surface area contributed by atoms with Crippen LogP contribution in [0.2, 0.25) is 0 Å². The number of anilines is 2. The van der Waals surface area contributed by atoms with Gasteiger partial charge < -0.3 is 10.6 Å². The van der Waals surface area contributed by atoms with E-state index in [1.165, 1.54) is 6.42 Å². The second-order valence-electron chi connectivity index (χ2n) is 5.83. The molecule has 0 atom stereocenters. The molecule has 21 heavy (non-hydrogen) atoms. The van der Waals surface area contributed by atoms with Gasteiger partial charge in [-0.3, -0.25) is 0 Å². The normalized spacial score (nSPS) is 23.1. The Morgan fingerprint density at radius 1 is 1.24 bits per heavy atom. The van der Waals surface area contributed by atoms with Gasteiger partial charge in [0.1, 0.15) is 11.6 Å². The molecule has 118 valence electrons. The molecule has 0 aromatic carbocycles. The Morgan fingerprint density at radius 2 is 1.86 bits per heavy atom. The lowest BCUT2D eigenvalue weighted by Crippen LogP contribution is -2.36. The van der Waals surface area contributed by atoms with E-state index in [2.05, 4.69) is 11.9 Å². The second-order valence-corrected chi connectivity index (χ2v) is 5.83. The summed E-state index contributed by atoms with van der Waals surface area (Å²) in [5.41, 5.74) is 4.79. The van der Waals surface area contributed by atoms with E-state index in [0.29, 0.717) is 5.82 Å². The minimum absolute atomic E-state index is 0.0890. The number of nitrogen functional groups attached to an aromatic ring is 1. The van der Waals surface area contributed by atoms with Gasteiger partial charge in [0.25, 0.3) is 0 Å². The van der Waals surface area contributed by atoms with Crippen molar-refractivity contribution in [2.24, 2.45) is 5.92 Å². The summed E-state index contributed by atoms with van der Waals surface area (Å²) >= 11 is 0. The van der Waals surface area contributed by atoms with E-state index in [-0.39, 0.29) is 11.9 Å². The maximum Gasteiger partial charge on any atom is 0.416 e. The summed E-state index contributed by atoms with van der Waals surface area (Å²) in [6.07, 6.45) is 1.01. The first-order valence-corrected chi connectivity index (χ1v) is 7.38. The van der Waals surface area contributed by atoms with Crippen molar-refractivity contribution >= 4 is 11.6 Å². The van der Waals surface area contributed by atoms with Crippen molar-refractivity contribution in [1.29, 1.82) is 0 Å². The Bertz CT molecular complexity index is 480. The van der Waals surface area contributed by atoms with Crippen LogP contribution in [0.25, 0.3) is 0 Å². The van der Waals surface area contributed by atoms with Crippen LogP contribution in [0.4, 0.5) is 24.8 Å². The number of rotatable bonds is 3. The van der Waals surface area contributed by atoms with Crippen molar-refractivity contribution in [2.45, 2.75) is 51.2 Å². The maximum atomic E-state index is 12.8. The van der Waals surface area contributed by atoms with Crippen LogP contribution < -0.4 is 10.6 Å². The molecule has 1 aliphatic rings. The zero-order chi connectivity index (χ0) is 15.6. The Balaban J connectivity index is 2.16. The van der Waals surface area contributed by atoms with Crippen LogP contribution in [0.1, 0.15) is 44.6 Å². The summed E-state index contributed by atoms with van der Waals surface area (Å²) in [7, 11) is 1.80. The summed E-state index contributed by atoms with van der Waals surface area (Å²) in [6, 6.07) is 2.20. The minimum Gasteiger partial charge on any atom is -0.384 e. The molecule has 1 aromatic heterocycles. The molecule has 6 heteroatoms. The standard InChI is InChI=1S/C15H22F3N3/c1-3-10-4-6-12(7-5-10)21(2)14-9-11(15(16,17)18)8-13(19)20-14/h8-10,12H,3-7H2,1-2H3,(H2,19,20). The molecule has 2 N–H and O–H groups in total. The molecule has 1 saturated carbocycles. The quantitative estimate of drug-likeness (QED) is 0.914. The third-order valence-electron chi connectivity index (χ3n) is 4.46. The van der Waals surface area contributed by atoms with E-state index in [0.717, 1.165) is 43.7 Å². The number of halogens is 3. The SMILES string of the molecule is CCC1CCC(N(C)c2cc(C(F)(F)F)cc(N)n2)CC1. The zero-order valence-electron chi connectivity index (χ0n) is 12.5. The highest BCUT2D eigenvalue weighted by Crippen LogP contribution is 2.34. The third-order valence-corrected chi connectivity index (χ3v) is 4.46. The van der Waals surface area contributed by atoms with Crippen LogP contribution in [-0.4, -0.2) is 18.1 Å². The molecule has 0 saturated heterocycles. The Labute approximate surface area is 123 Å². The van der Waals surface area contributed by atoms with E-state index in [1.807, 2.05) is 4.90 Å². The molecular weight excluding hydrogens is 279 g/mol. The Morgan fingerprint density at radius 3 is 2.38 bits per heavy atom. The van der Waals surface area contributed by atoms with Gasteiger partial charge in [-0.1, -0.05) is 13.3 Å². The second kappa shape index (κ2) is 6.12. The number of nitrogens with zero attached hydrogens (tertiary/aromatic N) is 2. The van der Waals surface area contributed by atoms with E-state index >= 15 is 0 Å². The van der Waals surface area contributed by atoms with Gasteiger partial charge in [0, 0.05) is 13.1 Å². The molecule has 2 rings (SSSR count). The third kappa shape index (κ3) is 3.80. The average Bonchev–Trinajstić information content (AvgIpc) is 2.45. The molecule has 1 fully saturated rings. The summed E-state index contributed by atoms with van der Waals surface area (Å²) in [5.74, 6) is 0.963. The molecule has 0 unspecified atom stereocenters. The maximum absolute atomic E-state index is 12.8. The zero-order valence-corrected chi connectivity index (χ0v) is 12.5. The molecule has 0 aliphatic heterocycles. The predicted molar refractivity (Wildman–Crippen MR) is 78.1 cm³/mol. The van der Waals surface area contributed by atoms with Gasteiger partial charge >= 0.3 is 6.18 Å². The number of hydrogen-bond acceptors (Lipinski definition) is 3. The van der Waals surface area contributed by atoms with Crippen molar-refractivity contribution in [3.8, 4) is 0 Å². The molecule has 3 nitrogen and oxygen atoms in total. The number of nitrogens with two attached hydrogens (primary N) is 1. The predicted octanol–water partition coefficient (Wildman–Crippen LogP) is 4.09. The average molecular weight is 301 g/mol. The highest BCUT2D eigenvalue weighted by molar-refractivity contribution is 5.49. The fourth-order valence-electron chi connectivity index (χ4n) is 3.01. The fraction of sp³-hybridized carbons (Fsp3) is 0.667. The van der Waals surface area contributed by atoms with Crippen molar-refractivity contribution in [3.05, 3.63) is 17.7 Å². The van der Waals surface area contributed by atoms with Crippen LogP contribution >= 0.6 is 0 Å². The number of pyridine rings is 1. The van der Waals surface area contributed by atoms with Gasteiger partial charge in [0.05, 0.1) is 5.56 Å². The number of aromatic nitrogens is 1. The fourth-order valence-corrected chi connectivity index (χ4v) is 3.01. The first kappa shape index (κ1) is 15.9. The van der Waals surface area contributed by atoms with Gasteiger partial charge in [-0.25, -0.2) is 4.98 Å². The largest absolute Gasteiger partial charge is 0.416 e. The monoisotopic (exact) mass is 301 g/mol. The van der Waals surface area contributed by atoms with Crippen molar-refractivity contribution in [2.75, 3.05) is 17.7 Å². The minimum atomic E-state index is -4.40. The smallest absolute Gasteiger partial charge is 0.384 e. The topological polar surface area (TPSA) is 42.1 Å². The summed E-state index contributed by atoms with van der Waals surface area (Å²) < 4.78 is 38.5. The molecule has 1 aliphatic carbocycles. The van der Waals surface area contributed by atoms with E-state index in [9.17, 15) is 13.2 Å². The van der Waals surface area contributed by atoms with Gasteiger partial charge in [-0.05, 0) is 43.7 Å². The number of alkyl halides is 3. The molecule has 0 radical (unpaired) electrons. The van der Waals surface area contributed by atoms with Crippen LogP contribution in [0.3, 0.4) is 0 Å². The van der Waals surface area contributed by atoms with Crippen molar-refractivity contribution in [3.63, 3.8) is 0 Å². The Kier molecular flexibility index (Phi) is 4.64. The molecule has 1 heterocycles. The van der Waals surface area contributed by atoms with Crippen molar-refractivity contribution < 1.29 is 13.2 Å². The summed E-state index contributed by atoms with van der Waals surface area (Å²) in [6.45, 7) is 2.18. The summed E-state index contributed by atoms with van der Waals surface area (Å²) in [4.78, 5) is 5.91. The molecule has 1 aromatic rings. The summed E-state index contributed by atoms with van der Waals surface area (Å²) in [5, 5.41) is 0. The van der Waals surface area contributed by atoms with E-state index in [4.69, 9.17) is 5.73 Å². The van der Waals surface area contributed by atoms with Gasteiger partial charge in [0.2, 0.25) is 0 Å². The van der Waals surface area contributed by atoms with Crippen LogP contribution in [-0.2, 0) is 6.18 Å². The van der Waals surface area contributed by atoms with Crippen LogP contribution in [0, 0.1) is 5.92 Å². The highest BCUT2D eigenvalue weighted by atomic mass is 19.4. The first-order chi connectivity index (χ1) is 9.81. The van der Waals surface area contributed by atoms with Gasteiger partial charge in [0.15, 0.2) is 0 Å². The molecule has 0 bridgehead atoms. The molecule has 0 spiro atoms. The van der Waals surface area contributed by atoms with Gasteiger partial charge in [-0.2, -0.15) is 13.2 Å². The highest BCUT2D eigenvalue weighted by Gasteiger charge is 2.32. The van der Waals surface area contributed by atoms with E-state index < -0.39 is 11.7 Å². The molecular formula is C15H22F3N3. The lowest BCUT2D eigenvalue weighted by molar-refractivity contribution is -0.137. The van der Waals surface area contributed by atoms with Crippen LogP contribution in [0.15, 0.2) is 12.1 Å². The number of hydrogen-bond donors (Lipinski definition) is 1. The lowest BCUT2D eigenvalue weighted by Gasteiger charge is -2.35. The van der Waals surface area contributed by atoms with Crippen LogP contribution in [0.5, 0.6) is 0 Å². The van der Waals surface area contributed by atoms with E-state index in [1.54, 1.807) is 7.05 Å².